The minimum absolute atomic E-state index is 0.0561. The van der Waals surface area contributed by atoms with Crippen LogP contribution in [0.25, 0.3) is 0 Å². The molecule has 1 aliphatic heterocycles. The van der Waals surface area contributed by atoms with E-state index in [1.165, 1.54) is 12.7 Å². The van der Waals surface area contributed by atoms with Crippen LogP contribution >= 0.6 is 0 Å². The molecule has 2 atom stereocenters. The Morgan fingerprint density at radius 1 is 1.05 bits per heavy atom. The summed E-state index contributed by atoms with van der Waals surface area (Å²) < 4.78 is 16.6. The molecule has 2 amide bonds. The zero-order valence-electron chi connectivity index (χ0n) is 23.5. The molecule has 0 aliphatic carbocycles. The van der Waals surface area contributed by atoms with E-state index in [4.69, 9.17) is 19.3 Å². The Balaban J connectivity index is 1.84. The van der Waals surface area contributed by atoms with E-state index in [0.29, 0.717) is 36.7 Å². The van der Waals surface area contributed by atoms with Crippen LogP contribution in [0.1, 0.15) is 50.5 Å². The van der Waals surface area contributed by atoms with Gasteiger partial charge in [0.25, 0.3) is 5.91 Å². The highest BCUT2D eigenvalue weighted by molar-refractivity contribution is 5.95. The third kappa shape index (κ3) is 7.87. The fourth-order valence-electron chi connectivity index (χ4n) is 4.79. The first-order chi connectivity index (χ1) is 18.0. The van der Waals surface area contributed by atoms with Crippen LogP contribution < -0.4 is 9.47 Å². The van der Waals surface area contributed by atoms with Crippen molar-refractivity contribution in [2.75, 3.05) is 40.0 Å². The monoisotopic (exact) mass is 526 g/mol. The van der Waals surface area contributed by atoms with E-state index in [0.717, 1.165) is 6.42 Å². The van der Waals surface area contributed by atoms with Crippen molar-refractivity contribution < 1.29 is 28.9 Å². The molecule has 0 saturated carbocycles. The summed E-state index contributed by atoms with van der Waals surface area (Å²) in [6.45, 7) is 11.2. The van der Waals surface area contributed by atoms with Gasteiger partial charge in [0, 0.05) is 31.2 Å². The molecule has 8 heteroatoms. The van der Waals surface area contributed by atoms with Crippen LogP contribution in [0.4, 0.5) is 4.79 Å². The van der Waals surface area contributed by atoms with Gasteiger partial charge in [0.1, 0.15) is 12.2 Å². The maximum Gasteiger partial charge on any atom is 0.410 e. The predicted octanol–water partition coefficient (Wildman–Crippen LogP) is 4.64. The number of carbonyl (C=O) groups excluding carboxylic acids is 2. The number of aliphatic hydroxyl groups is 1. The summed E-state index contributed by atoms with van der Waals surface area (Å²) in [6, 6.07) is 15.3. The van der Waals surface area contributed by atoms with E-state index >= 15 is 0 Å². The van der Waals surface area contributed by atoms with Crippen LogP contribution in [0.2, 0.25) is 0 Å². The first-order valence-corrected chi connectivity index (χ1v) is 13.3. The van der Waals surface area contributed by atoms with Crippen molar-refractivity contribution >= 4 is 12.0 Å². The first kappa shape index (κ1) is 29.3. The summed E-state index contributed by atoms with van der Waals surface area (Å²) in [5, 5.41) is 9.17. The van der Waals surface area contributed by atoms with Gasteiger partial charge in [-0.2, -0.15) is 0 Å². The molecule has 0 bridgehead atoms. The minimum atomic E-state index is -0.575. The molecule has 0 spiro atoms. The molecule has 3 rings (SSSR count). The number of amides is 2. The molecule has 0 aromatic heterocycles. The fraction of sp³-hybridized carbons (Fsp3) is 0.533. The Morgan fingerprint density at radius 2 is 1.74 bits per heavy atom. The molecule has 1 fully saturated rings. The molecule has 208 valence electrons. The maximum atomic E-state index is 13.7. The number of ether oxygens (including phenoxy) is 3. The van der Waals surface area contributed by atoms with Gasteiger partial charge in [0.05, 0.1) is 13.7 Å². The number of nitrogens with zero attached hydrogens (tertiary/aromatic N) is 2. The highest BCUT2D eigenvalue weighted by Gasteiger charge is 2.39. The standard InChI is InChI=1S/C30H42N2O6/c1-21(2)32(28(34)23-12-13-26(36-6)27(17-23)37-15-14-33)20-25-19-31(29(35)38-30(3,4)5)18-24(25)16-22-10-8-7-9-11-22/h7-13,17,21,24-25,33H,14-16,18-20H2,1-6H3/t24-,25?/m0/s1. The highest BCUT2D eigenvalue weighted by atomic mass is 16.6. The Labute approximate surface area is 226 Å². The Morgan fingerprint density at radius 3 is 2.34 bits per heavy atom. The van der Waals surface area contributed by atoms with E-state index in [-0.39, 0.29) is 43.1 Å². The van der Waals surface area contributed by atoms with Crippen LogP contribution in [-0.2, 0) is 11.2 Å². The average Bonchev–Trinajstić information content (AvgIpc) is 3.27. The molecule has 2 aromatic rings. The van der Waals surface area contributed by atoms with Crippen LogP contribution in [0.3, 0.4) is 0 Å². The number of aliphatic hydroxyl groups excluding tert-OH is 1. The van der Waals surface area contributed by atoms with E-state index < -0.39 is 5.60 Å². The van der Waals surface area contributed by atoms with E-state index in [1.54, 1.807) is 23.1 Å². The number of hydrogen-bond acceptors (Lipinski definition) is 6. The van der Waals surface area contributed by atoms with Crippen molar-refractivity contribution in [1.82, 2.24) is 9.80 Å². The van der Waals surface area contributed by atoms with Gasteiger partial charge >= 0.3 is 6.09 Å². The lowest BCUT2D eigenvalue weighted by Crippen LogP contribution is -2.42. The van der Waals surface area contributed by atoms with Gasteiger partial charge in [-0.25, -0.2) is 4.79 Å². The van der Waals surface area contributed by atoms with Gasteiger partial charge in [-0.05, 0) is 76.6 Å². The Kier molecular flexibility index (Phi) is 10.0. The van der Waals surface area contributed by atoms with Crippen molar-refractivity contribution in [3.63, 3.8) is 0 Å². The summed E-state index contributed by atoms with van der Waals surface area (Å²) in [5.41, 5.74) is 1.11. The molecular formula is C30H42N2O6. The zero-order chi connectivity index (χ0) is 27.9. The normalized spacial score (nSPS) is 17.4. The molecular weight excluding hydrogens is 484 g/mol. The smallest absolute Gasteiger partial charge is 0.410 e. The van der Waals surface area contributed by atoms with E-state index in [1.807, 2.05) is 57.7 Å². The molecule has 0 radical (unpaired) electrons. The minimum Gasteiger partial charge on any atom is -0.493 e. The highest BCUT2D eigenvalue weighted by Crippen LogP contribution is 2.32. The molecule has 1 aliphatic rings. The quantitative estimate of drug-likeness (QED) is 0.485. The number of benzene rings is 2. The lowest BCUT2D eigenvalue weighted by Gasteiger charge is -2.31. The van der Waals surface area contributed by atoms with Gasteiger partial charge in [0.15, 0.2) is 11.5 Å². The molecule has 1 saturated heterocycles. The Bertz CT molecular complexity index is 1070. The number of hydrogen-bond donors (Lipinski definition) is 1. The number of rotatable bonds is 10. The lowest BCUT2D eigenvalue weighted by molar-refractivity contribution is 0.0282. The van der Waals surface area contributed by atoms with E-state index in [9.17, 15) is 9.59 Å². The van der Waals surface area contributed by atoms with Crippen molar-refractivity contribution in [2.45, 2.75) is 52.7 Å². The zero-order valence-corrected chi connectivity index (χ0v) is 23.5. The first-order valence-electron chi connectivity index (χ1n) is 13.3. The molecule has 2 aromatic carbocycles. The second-order valence-corrected chi connectivity index (χ2v) is 11.1. The topological polar surface area (TPSA) is 88.5 Å². The van der Waals surface area contributed by atoms with Gasteiger partial charge in [0.2, 0.25) is 0 Å². The summed E-state index contributed by atoms with van der Waals surface area (Å²) in [6.07, 6.45) is 0.494. The van der Waals surface area contributed by atoms with Crippen molar-refractivity contribution in [3.8, 4) is 11.5 Å². The molecule has 38 heavy (non-hydrogen) atoms. The van der Waals surface area contributed by atoms with Crippen molar-refractivity contribution in [3.05, 3.63) is 59.7 Å². The second-order valence-electron chi connectivity index (χ2n) is 11.1. The second kappa shape index (κ2) is 13.0. The van der Waals surface area contributed by atoms with Gasteiger partial charge in [-0.15, -0.1) is 0 Å². The predicted molar refractivity (Wildman–Crippen MR) is 147 cm³/mol. The number of carbonyl (C=O) groups is 2. The van der Waals surface area contributed by atoms with Crippen LogP contribution in [-0.4, -0.2) is 78.5 Å². The Hall–Kier alpha value is -3.26. The van der Waals surface area contributed by atoms with E-state index in [2.05, 4.69) is 12.1 Å². The molecule has 1 N–H and O–H groups in total. The average molecular weight is 527 g/mol. The maximum absolute atomic E-state index is 13.7. The van der Waals surface area contributed by atoms with Crippen LogP contribution in [0.5, 0.6) is 11.5 Å². The fourth-order valence-corrected chi connectivity index (χ4v) is 4.79. The van der Waals surface area contributed by atoms with Crippen molar-refractivity contribution in [1.29, 1.82) is 0 Å². The summed E-state index contributed by atoms with van der Waals surface area (Å²) >= 11 is 0. The third-order valence-corrected chi connectivity index (χ3v) is 6.64. The lowest BCUT2D eigenvalue weighted by atomic mass is 9.89. The largest absolute Gasteiger partial charge is 0.493 e. The summed E-state index contributed by atoms with van der Waals surface area (Å²) in [7, 11) is 1.53. The van der Waals surface area contributed by atoms with Gasteiger partial charge < -0.3 is 29.1 Å². The van der Waals surface area contributed by atoms with Gasteiger partial charge in [-0.3, -0.25) is 4.79 Å². The molecule has 8 nitrogen and oxygen atoms in total. The van der Waals surface area contributed by atoms with Crippen LogP contribution in [0, 0.1) is 11.8 Å². The summed E-state index contributed by atoms with van der Waals surface area (Å²) in [5.74, 6) is 1.05. The molecule has 1 heterocycles. The summed E-state index contributed by atoms with van der Waals surface area (Å²) in [4.78, 5) is 30.3. The SMILES string of the molecule is COc1ccc(C(=O)N(CC2CN(C(=O)OC(C)(C)C)C[C@@H]2Cc2ccccc2)C(C)C)cc1OCCO. The number of methoxy groups -OCH3 is 1. The van der Waals surface area contributed by atoms with Crippen LogP contribution in [0.15, 0.2) is 48.5 Å². The number of likely N-dealkylation sites (tertiary alicyclic amines) is 1. The van der Waals surface area contributed by atoms with Gasteiger partial charge in [-0.1, -0.05) is 30.3 Å². The molecule has 1 unspecified atom stereocenters. The third-order valence-electron chi connectivity index (χ3n) is 6.64. The van der Waals surface area contributed by atoms with Crippen molar-refractivity contribution in [2.24, 2.45) is 11.8 Å².